The normalized spacial score (nSPS) is 21.4. The molecule has 1 saturated heterocycles. The van der Waals surface area contributed by atoms with Gasteiger partial charge in [0.1, 0.15) is 24.0 Å². The lowest BCUT2D eigenvalue weighted by atomic mass is 9.94. The first-order chi connectivity index (χ1) is 17.6. The first-order valence-corrected chi connectivity index (χ1v) is 16.3. The van der Waals surface area contributed by atoms with E-state index in [9.17, 15) is 14.4 Å². The zero-order chi connectivity index (χ0) is 26.4. The number of carbonyl (C=O) groups is 3. The molecule has 0 bridgehead atoms. The number of hydrogen-bond acceptors (Lipinski definition) is 7. The fourth-order valence-corrected chi connectivity index (χ4v) is 5.73. The number of ether oxygens (including phenoxy) is 2. The van der Waals surface area contributed by atoms with Crippen LogP contribution in [0.4, 0.5) is 4.79 Å². The van der Waals surface area contributed by atoms with E-state index in [1.807, 2.05) is 12.1 Å². The maximum absolute atomic E-state index is 13.9. The summed E-state index contributed by atoms with van der Waals surface area (Å²) in [7, 11) is 0.222. The van der Waals surface area contributed by atoms with Crippen molar-refractivity contribution in [3.05, 3.63) is 52.5 Å². The predicted molar refractivity (Wildman–Crippen MR) is 138 cm³/mol. The van der Waals surface area contributed by atoms with Crippen molar-refractivity contribution in [1.29, 1.82) is 0 Å². The van der Waals surface area contributed by atoms with E-state index in [0.29, 0.717) is 43.2 Å². The molecule has 10 nitrogen and oxygen atoms in total. The molecule has 0 unspecified atom stereocenters. The summed E-state index contributed by atoms with van der Waals surface area (Å²) in [6.45, 7) is 8.69. The quantitative estimate of drug-likeness (QED) is 0.293. The molecule has 5 rings (SSSR count). The van der Waals surface area contributed by atoms with Crippen molar-refractivity contribution >= 4 is 25.9 Å². The minimum Gasteiger partial charge on any atom is -0.497 e. The molecule has 1 fully saturated rings. The van der Waals surface area contributed by atoms with Crippen LogP contribution in [0.15, 0.2) is 28.7 Å². The molecule has 1 aromatic carbocycles. The van der Waals surface area contributed by atoms with E-state index in [2.05, 4.69) is 30.3 Å². The van der Waals surface area contributed by atoms with Crippen LogP contribution in [0.5, 0.6) is 5.75 Å². The summed E-state index contributed by atoms with van der Waals surface area (Å²) >= 11 is 0. The molecule has 0 aliphatic carbocycles. The summed E-state index contributed by atoms with van der Waals surface area (Å²) in [6.07, 6.45) is 0.685. The number of amides is 4. The number of urea groups is 1. The number of fused-ring (bicyclic) bond motifs is 2. The average Bonchev–Trinajstić information content (AvgIpc) is 3.50. The summed E-state index contributed by atoms with van der Waals surface area (Å²) in [5.74, 6) is 1.01. The van der Waals surface area contributed by atoms with Gasteiger partial charge in [-0.15, -0.1) is 0 Å². The lowest BCUT2D eigenvalue weighted by Crippen LogP contribution is -2.52. The minimum absolute atomic E-state index is 0.0569. The van der Waals surface area contributed by atoms with Crippen LogP contribution in [-0.2, 0) is 34.6 Å². The van der Waals surface area contributed by atoms with Gasteiger partial charge in [0.2, 0.25) is 0 Å². The topological polar surface area (TPSA) is 113 Å². The molecule has 0 saturated carbocycles. The molecule has 1 atom stereocenters. The molecule has 2 aromatic rings. The van der Waals surface area contributed by atoms with Crippen molar-refractivity contribution in [3.63, 3.8) is 0 Å². The second kappa shape index (κ2) is 9.62. The van der Waals surface area contributed by atoms with Crippen molar-refractivity contribution in [2.24, 2.45) is 0 Å². The molecule has 4 heterocycles. The molecule has 0 radical (unpaired) electrons. The van der Waals surface area contributed by atoms with Crippen molar-refractivity contribution < 1.29 is 28.3 Å². The number of hydrogen-bond donors (Lipinski definition) is 2. The van der Waals surface area contributed by atoms with E-state index >= 15 is 0 Å². The van der Waals surface area contributed by atoms with Crippen LogP contribution < -0.4 is 15.4 Å². The van der Waals surface area contributed by atoms with E-state index in [0.717, 1.165) is 34.4 Å². The van der Waals surface area contributed by atoms with Crippen molar-refractivity contribution in [2.75, 3.05) is 33.5 Å². The van der Waals surface area contributed by atoms with Crippen molar-refractivity contribution in [1.82, 2.24) is 20.4 Å². The summed E-state index contributed by atoms with van der Waals surface area (Å²) in [4.78, 5) is 43.1. The van der Waals surface area contributed by atoms with E-state index in [1.54, 1.807) is 24.1 Å². The second-order valence-electron chi connectivity index (χ2n) is 11.1. The molecular formula is C26H34N4O6Si. The molecule has 3 aliphatic heterocycles. The van der Waals surface area contributed by atoms with Gasteiger partial charge in [0.15, 0.2) is 5.54 Å². The van der Waals surface area contributed by atoms with E-state index in [1.165, 1.54) is 0 Å². The monoisotopic (exact) mass is 526 g/mol. The number of nitrogens with zero attached hydrogens (tertiary/aromatic N) is 2. The van der Waals surface area contributed by atoms with Gasteiger partial charge in [-0.05, 0) is 29.8 Å². The van der Waals surface area contributed by atoms with E-state index in [4.69, 9.17) is 13.9 Å². The summed E-state index contributed by atoms with van der Waals surface area (Å²) < 4.78 is 17.2. The Morgan fingerprint density at radius 2 is 1.95 bits per heavy atom. The number of imide groups is 1. The maximum Gasteiger partial charge on any atom is 0.327 e. The zero-order valence-corrected chi connectivity index (χ0v) is 22.8. The Balaban J connectivity index is 1.43. The number of rotatable bonds is 9. The number of furan rings is 1. The second-order valence-corrected chi connectivity index (χ2v) is 16.7. The van der Waals surface area contributed by atoms with Crippen LogP contribution in [0, 0.1) is 0 Å². The third kappa shape index (κ3) is 4.78. The molecule has 1 aromatic heterocycles. The Labute approximate surface area is 217 Å². The zero-order valence-electron chi connectivity index (χ0n) is 21.8. The van der Waals surface area contributed by atoms with Gasteiger partial charge in [-0.1, -0.05) is 25.7 Å². The summed E-state index contributed by atoms with van der Waals surface area (Å²) in [5, 5.41) is 6.18. The van der Waals surface area contributed by atoms with Crippen LogP contribution >= 0.6 is 0 Å². The van der Waals surface area contributed by atoms with Gasteiger partial charge in [-0.3, -0.25) is 9.59 Å². The minimum atomic E-state index is -1.54. The smallest absolute Gasteiger partial charge is 0.327 e. The van der Waals surface area contributed by atoms with Crippen LogP contribution in [0.2, 0.25) is 25.7 Å². The van der Waals surface area contributed by atoms with Crippen LogP contribution in [0.1, 0.15) is 33.0 Å². The van der Waals surface area contributed by atoms with Gasteiger partial charge in [0.25, 0.3) is 11.8 Å². The number of benzene rings is 1. The van der Waals surface area contributed by atoms with Crippen molar-refractivity contribution in [2.45, 2.75) is 50.7 Å². The average molecular weight is 527 g/mol. The van der Waals surface area contributed by atoms with Gasteiger partial charge in [0.05, 0.1) is 13.7 Å². The maximum atomic E-state index is 13.9. The van der Waals surface area contributed by atoms with Crippen LogP contribution in [-0.4, -0.2) is 69.3 Å². The molecule has 2 N–H and O–H groups in total. The fourth-order valence-electron chi connectivity index (χ4n) is 4.97. The molecule has 4 amide bonds. The van der Waals surface area contributed by atoms with Crippen LogP contribution in [0.25, 0.3) is 0 Å². The molecule has 3 aliphatic rings. The van der Waals surface area contributed by atoms with Gasteiger partial charge in [0, 0.05) is 51.9 Å². The number of methoxy groups -OCH3 is 1. The van der Waals surface area contributed by atoms with Gasteiger partial charge < -0.3 is 29.4 Å². The van der Waals surface area contributed by atoms with E-state index in [-0.39, 0.29) is 19.2 Å². The molecule has 0 spiro atoms. The third-order valence-corrected chi connectivity index (χ3v) is 8.88. The van der Waals surface area contributed by atoms with Crippen LogP contribution in [0.3, 0.4) is 0 Å². The third-order valence-electron chi connectivity index (χ3n) is 7.18. The standard InChI is InChI=1S/C26H34N4O6Si/c1-34-19-6-5-17-14-29(23(31)20(17)12-19)15-26(22-11-18-13-27-8-7-21(18)36-22)24(32)30(25(33)28-26)16-35-9-10-37(2,3)4/h5-6,11-12,27H,7-10,13-16H2,1-4H3,(H,28,33)/t26-/m0/s1. The van der Waals surface area contributed by atoms with Gasteiger partial charge >= 0.3 is 6.03 Å². The summed E-state index contributed by atoms with van der Waals surface area (Å²) in [6, 6.07) is 7.55. The first-order valence-electron chi connectivity index (χ1n) is 12.6. The number of nitrogens with one attached hydrogen (secondary N) is 2. The highest BCUT2D eigenvalue weighted by Gasteiger charge is 2.57. The Kier molecular flexibility index (Phi) is 6.63. The lowest BCUT2D eigenvalue weighted by molar-refractivity contribution is -0.136. The van der Waals surface area contributed by atoms with Gasteiger partial charge in [-0.25, -0.2) is 9.69 Å². The SMILES string of the molecule is COc1ccc2c(c1)C(=O)N(C[C@@]1(c3cc4c(o3)CCNC4)NC(=O)N(COCC[Si](C)(C)C)C1=O)C2. The predicted octanol–water partition coefficient (Wildman–Crippen LogP) is 2.65. The van der Waals surface area contributed by atoms with E-state index < -0.39 is 25.6 Å². The largest absolute Gasteiger partial charge is 0.497 e. The van der Waals surface area contributed by atoms with Gasteiger partial charge in [-0.2, -0.15) is 0 Å². The van der Waals surface area contributed by atoms with Crippen molar-refractivity contribution in [3.8, 4) is 5.75 Å². The Morgan fingerprint density at radius 3 is 2.68 bits per heavy atom. The Bertz CT molecular complexity index is 1210. The molecular weight excluding hydrogens is 492 g/mol. The lowest BCUT2D eigenvalue weighted by Gasteiger charge is -2.29. The molecule has 11 heteroatoms. The molecule has 198 valence electrons. The highest BCUT2D eigenvalue weighted by Crippen LogP contribution is 2.37. The summed E-state index contributed by atoms with van der Waals surface area (Å²) in [5.41, 5.74) is 0.777. The molecule has 37 heavy (non-hydrogen) atoms. The highest BCUT2D eigenvalue weighted by molar-refractivity contribution is 6.76. The first kappa shape index (κ1) is 25.5. The number of carbonyl (C=O) groups excluding carboxylic acids is 3. The Morgan fingerprint density at radius 1 is 1.14 bits per heavy atom. The fraction of sp³-hybridized carbons (Fsp3) is 0.500. The Hall–Kier alpha value is -3.15. The highest BCUT2D eigenvalue weighted by atomic mass is 28.3.